The van der Waals surface area contributed by atoms with Crippen LogP contribution in [0.25, 0.3) is 0 Å². The van der Waals surface area contributed by atoms with Crippen LogP contribution in [0.1, 0.15) is 27.0 Å². The molecule has 3 N–H and O–H groups in total. The highest BCUT2D eigenvalue weighted by atomic mass is 35.5. The molecule has 1 aliphatic heterocycles. The van der Waals surface area contributed by atoms with Crippen LogP contribution in [0.5, 0.6) is 5.75 Å². The fourth-order valence-electron chi connectivity index (χ4n) is 3.25. The van der Waals surface area contributed by atoms with Crippen molar-refractivity contribution in [2.24, 2.45) is 0 Å². The minimum Gasteiger partial charge on any atom is -0.462 e. The Morgan fingerprint density at radius 2 is 2.00 bits per heavy atom. The Morgan fingerprint density at radius 3 is 2.62 bits per heavy atom. The van der Waals surface area contributed by atoms with Gasteiger partial charge in [0.1, 0.15) is 24.0 Å². The number of aliphatic hydroxyl groups excluding tert-OH is 1. The molecule has 0 bridgehead atoms. The molecule has 0 saturated carbocycles. The van der Waals surface area contributed by atoms with E-state index in [4.69, 9.17) is 41.9 Å². The van der Waals surface area contributed by atoms with Gasteiger partial charge in [0.05, 0.1) is 18.9 Å². The monoisotopic (exact) mass is 583 g/mol. The first-order valence-corrected chi connectivity index (χ1v) is 13.9. The number of aromatic nitrogens is 2. The summed E-state index contributed by atoms with van der Waals surface area (Å²) in [5, 5.41) is 10.1. The van der Waals surface area contributed by atoms with Crippen LogP contribution in [0.15, 0.2) is 46.1 Å². The van der Waals surface area contributed by atoms with Gasteiger partial charge in [0.2, 0.25) is 5.82 Å². The van der Waals surface area contributed by atoms with Crippen molar-refractivity contribution in [2.45, 2.75) is 56.5 Å². The van der Waals surface area contributed by atoms with Crippen LogP contribution in [0.2, 0.25) is 0 Å². The third kappa shape index (κ3) is 7.02. The summed E-state index contributed by atoms with van der Waals surface area (Å²) in [4.78, 5) is 37.4. The van der Waals surface area contributed by atoms with E-state index in [1.165, 1.54) is 6.92 Å². The first-order valence-electron chi connectivity index (χ1n) is 10.9. The summed E-state index contributed by atoms with van der Waals surface area (Å²) in [6.07, 6.45) is -5.62. The van der Waals surface area contributed by atoms with Crippen molar-refractivity contribution in [3.63, 3.8) is 0 Å². The minimum atomic E-state index is -3.58. The molecule has 204 valence electrons. The molecule has 1 aromatic heterocycles. The largest absolute Gasteiger partial charge is 0.462 e. The van der Waals surface area contributed by atoms with Crippen molar-refractivity contribution in [3.05, 3.63) is 63.2 Å². The number of hydrogen-bond acceptors (Lipinski definition) is 9. The molecule has 37 heavy (non-hydrogen) atoms. The van der Waals surface area contributed by atoms with Crippen molar-refractivity contribution in [1.29, 1.82) is 0 Å². The van der Waals surface area contributed by atoms with E-state index < -0.39 is 72.0 Å². The molecule has 1 saturated heterocycles. The lowest BCUT2D eigenvalue weighted by Gasteiger charge is -2.28. The van der Waals surface area contributed by atoms with Gasteiger partial charge in [-0.2, -0.15) is 4.39 Å². The second kappa shape index (κ2) is 11.7. The maximum absolute atomic E-state index is 15.3. The molecular formula is C21H25ClF2N3O8PS. The summed E-state index contributed by atoms with van der Waals surface area (Å²) < 4.78 is 51.5. The van der Waals surface area contributed by atoms with E-state index in [2.05, 4.69) is 5.09 Å². The lowest BCUT2D eigenvalue weighted by Crippen LogP contribution is -2.42. The number of rotatable bonds is 10. The summed E-state index contributed by atoms with van der Waals surface area (Å²) in [7, 11) is 0. The molecule has 0 radical (unpaired) electrons. The molecule has 1 aliphatic rings. The van der Waals surface area contributed by atoms with Crippen LogP contribution in [-0.2, 0) is 30.6 Å². The number of nitrogens with one attached hydrogen (secondary N) is 2. The zero-order chi connectivity index (χ0) is 27.5. The van der Waals surface area contributed by atoms with Gasteiger partial charge in [-0.25, -0.2) is 14.3 Å². The number of halogens is 3. The van der Waals surface area contributed by atoms with Gasteiger partial charge in [0, 0.05) is 0 Å². The maximum atomic E-state index is 15.3. The number of para-hydroxylation sites is 1. The summed E-state index contributed by atoms with van der Waals surface area (Å²) in [5.41, 5.74) is -2.54. The Bertz CT molecular complexity index is 1280. The molecular weight excluding hydrogens is 559 g/mol. The van der Waals surface area contributed by atoms with Crippen LogP contribution >= 0.6 is 18.2 Å². The molecule has 11 nitrogen and oxygen atoms in total. The fraction of sp³-hybridized carbons (Fsp3) is 0.476. The summed E-state index contributed by atoms with van der Waals surface area (Å²) >= 11 is 11.4. The molecule has 1 aromatic carbocycles. The van der Waals surface area contributed by atoms with Gasteiger partial charge < -0.3 is 23.6 Å². The smallest absolute Gasteiger partial charge is 0.330 e. The highest BCUT2D eigenvalue weighted by molar-refractivity contribution is 8.09. The first-order chi connectivity index (χ1) is 17.2. The van der Waals surface area contributed by atoms with E-state index in [0.29, 0.717) is 16.5 Å². The molecule has 0 unspecified atom stereocenters. The average Bonchev–Trinajstić information content (AvgIpc) is 3.03. The van der Waals surface area contributed by atoms with E-state index in [1.807, 2.05) is 0 Å². The summed E-state index contributed by atoms with van der Waals surface area (Å²) in [5.74, 6) is -1.74. The van der Waals surface area contributed by atoms with Gasteiger partial charge in [-0.3, -0.25) is 19.1 Å². The second-order valence-corrected chi connectivity index (χ2v) is 12.0. The van der Waals surface area contributed by atoms with Crippen molar-refractivity contribution in [2.75, 3.05) is 6.61 Å². The molecule has 0 amide bonds. The molecule has 0 aliphatic carbocycles. The number of carbonyl (C=O) groups excluding carboxylic acids is 1. The van der Waals surface area contributed by atoms with Gasteiger partial charge in [-0.1, -0.05) is 29.8 Å². The van der Waals surface area contributed by atoms with E-state index in [0.717, 1.165) is 0 Å². The maximum Gasteiger partial charge on any atom is 0.330 e. The molecule has 2 aromatic rings. The standard InChI is InChI=1S/C21H25ClF2N3O8PS/c1-11(2)33-18(30)12(3)26-36(37,35-13-7-5-4-6-8-13)32-10-15-16(28)21(22,24)19(34-15)27-9-14(23)17(29)25-20(27)31/h4-9,11-12,15-16,19,28H,10H2,1-3H3,(H,26,37)(H,25,29,31)/t12-,15+,16+,19+,21+,36+/m0/s1. The SMILES string of the molecule is CC(C)OC(=O)[C@H](C)N[P@@](=S)(OC[C@H]1O[C@@H](n2cc(F)c(=O)[nH]c2=O)[C@@](F)(Cl)[C@@H]1O)Oc1ccccc1. The van der Waals surface area contributed by atoms with E-state index in [9.17, 15) is 23.9 Å². The highest BCUT2D eigenvalue weighted by Crippen LogP contribution is 2.48. The zero-order valence-corrected chi connectivity index (χ0v) is 22.3. The number of aliphatic hydroxyl groups is 1. The van der Waals surface area contributed by atoms with Gasteiger partial charge >= 0.3 is 18.3 Å². The summed E-state index contributed by atoms with van der Waals surface area (Å²) in [6.45, 7) is 0.619. The quantitative estimate of drug-likeness (QED) is 0.216. The molecule has 0 spiro atoms. The van der Waals surface area contributed by atoms with Crippen molar-refractivity contribution < 1.29 is 37.2 Å². The molecule has 1 fully saturated rings. The topological polar surface area (TPSA) is 141 Å². The number of ether oxygens (including phenoxy) is 2. The first kappa shape index (κ1) is 29.4. The number of nitrogens with zero attached hydrogens (tertiary/aromatic N) is 1. The normalized spacial score (nSPS) is 26.0. The highest BCUT2D eigenvalue weighted by Gasteiger charge is 2.58. The summed E-state index contributed by atoms with van der Waals surface area (Å²) in [6, 6.07) is 7.28. The number of alkyl halides is 2. The van der Waals surface area contributed by atoms with Gasteiger partial charge in [-0.15, -0.1) is 0 Å². The van der Waals surface area contributed by atoms with Crippen LogP contribution in [0, 0.1) is 5.82 Å². The Hall–Kier alpha value is -2.19. The number of benzene rings is 1. The number of H-pyrrole nitrogens is 1. The average molecular weight is 584 g/mol. The van der Waals surface area contributed by atoms with Crippen LogP contribution in [0.4, 0.5) is 8.78 Å². The lowest BCUT2D eigenvalue weighted by atomic mass is 10.1. The van der Waals surface area contributed by atoms with Crippen molar-refractivity contribution in [1.82, 2.24) is 14.6 Å². The molecule has 2 heterocycles. The fourth-order valence-corrected chi connectivity index (χ4v) is 5.96. The predicted octanol–water partition coefficient (Wildman–Crippen LogP) is 2.09. The van der Waals surface area contributed by atoms with Crippen LogP contribution in [-0.4, -0.2) is 56.7 Å². The van der Waals surface area contributed by atoms with Crippen LogP contribution in [0.3, 0.4) is 0 Å². The van der Waals surface area contributed by atoms with E-state index >= 15 is 4.39 Å². The molecule has 3 rings (SSSR count). The predicted molar refractivity (Wildman–Crippen MR) is 132 cm³/mol. The Morgan fingerprint density at radius 1 is 1.35 bits per heavy atom. The third-order valence-electron chi connectivity index (χ3n) is 4.99. The van der Waals surface area contributed by atoms with Gasteiger partial charge in [0.25, 0.3) is 10.7 Å². The number of aromatic amines is 1. The Labute approximate surface area is 219 Å². The van der Waals surface area contributed by atoms with Crippen LogP contribution < -0.4 is 20.9 Å². The Kier molecular flexibility index (Phi) is 9.27. The van der Waals surface area contributed by atoms with Gasteiger partial charge in [0.15, 0.2) is 6.23 Å². The van der Waals surface area contributed by atoms with E-state index in [1.54, 1.807) is 49.2 Å². The van der Waals surface area contributed by atoms with Crippen molar-refractivity contribution >= 4 is 36.0 Å². The second-order valence-electron chi connectivity index (χ2n) is 8.32. The number of hydrogen-bond donors (Lipinski definition) is 3. The zero-order valence-electron chi connectivity index (χ0n) is 19.8. The molecule has 6 atom stereocenters. The lowest BCUT2D eigenvalue weighted by molar-refractivity contribution is -0.149. The number of carbonyl (C=O) groups is 1. The van der Waals surface area contributed by atoms with Gasteiger partial charge in [-0.05, 0) is 44.7 Å². The Balaban J connectivity index is 1.82. The minimum absolute atomic E-state index is 0.293. The number of esters is 1. The molecule has 16 heteroatoms. The van der Waals surface area contributed by atoms with Crippen molar-refractivity contribution in [3.8, 4) is 5.75 Å². The van der Waals surface area contributed by atoms with E-state index in [-0.39, 0.29) is 0 Å². The third-order valence-corrected chi connectivity index (χ3v) is 7.90.